The fourth-order valence-corrected chi connectivity index (χ4v) is 3.26. The molecule has 2 aromatic carbocycles. The number of benzene rings is 2. The minimum Gasteiger partial charge on any atom is -0.382 e. The zero-order chi connectivity index (χ0) is 20.9. The van der Waals surface area contributed by atoms with E-state index in [1.54, 1.807) is 18.2 Å². The van der Waals surface area contributed by atoms with E-state index in [1.165, 1.54) is 35.5 Å². The molecule has 1 heterocycles. The van der Waals surface area contributed by atoms with Gasteiger partial charge in [0, 0.05) is 31.3 Å². The van der Waals surface area contributed by atoms with E-state index in [9.17, 15) is 18.3 Å². The summed E-state index contributed by atoms with van der Waals surface area (Å²) in [7, 11) is 0. The second-order valence-corrected chi connectivity index (χ2v) is 6.83. The van der Waals surface area contributed by atoms with E-state index in [4.69, 9.17) is 0 Å². The highest BCUT2D eigenvalue weighted by Crippen LogP contribution is 2.28. The molecule has 0 saturated heterocycles. The molecule has 29 heavy (non-hydrogen) atoms. The maximum Gasteiger partial charge on any atom is 0.137 e. The van der Waals surface area contributed by atoms with E-state index in [1.807, 2.05) is 4.90 Å². The van der Waals surface area contributed by atoms with E-state index in [2.05, 4.69) is 16.7 Å². The minimum atomic E-state index is -1.73. The Kier molecular flexibility index (Phi) is 6.46. The van der Waals surface area contributed by atoms with Gasteiger partial charge in [0.05, 0.1) is 6.54 Å². The number of aromatic nitrogens is 3. The summed E-state index contributed by atoms with van der Waals surface area (Å²) in [6.07, 6.45) is 4.37. The van der Waals surface area contributed by atoms with Crippen molar-refractivity contribution in [3.8, 4) is 0 Å². The Bertz CT molecular complexity index is 947. The molecule has 1 atom stereocenters. The first-order valence-electron chi connectivity index (χ1n) is 8.97. The lowest BCUT2D eigenvalue weighted by atomic mass is 9.92. The lowest BCUT2D eigenvalue weighted by Crippen LogP contribution is -2.44. The molecule has 0 unspecified atom stereocenters. The molecule has 3 rings (SSSR count). The number of nitrogens with zero attached hydrogens (tertiary/aromatic N) is 4. The van der Waals surface area contributed by atoms with Crippen LogP contribution in [0.2, 0.25) is 0 Å². The Labute approximate surface area is 166 Å². The van der Waals surface area contributed by atoms with E-state index >= 15 is 0 Å². The molecule has 0 bridgehead atoms. The molecular formula is C21H21F3N4O. The summed E-state index contributed by atoms with van der Waals surface area (Å²) < 4.78 is 42.5. The van der Waals surface area contributed by atoms with E-state index in [0.717, 1.165) is 17.7 Å². The van der Waals surface area contributed by atoms with Crippen molar-refractivity contribution < 1.29 is 18.3 Å². The number of hydrogen-bond acceptors (Lipinski definition) is 4. The maximum atomic E-state index is 14.6. The van der Waals surface area contributed by atoms with Crippen LogP contribution in [0.25, 0.3) is 0 Å². The van der Waals surface area contributed by atoms with E-state index in [-0.39, 0.29) is 24.5 Å². The van der Waals surface area contributed by atoms with Crippen molar-refractivity contribution in [1.82, 2.24) is 19.7 Å². The van der Waals surface area contributed by atoms with Gasteiger partial charge in [0.15, 0.2) is 0 Å². The normalized spacial score (nSPS) is 13.4. The predicted octanol–water partition coefficient (Wildman–Crippen LogP) is 3.27. The van der Waals surface area contributed by atoms with Crippen LogP contribution < -0.4 is 0 Å². The van der Waals surface area contributed by atoms with E-state index in [0.29, 0.717) is 13.1 Å². The lowest BCUT2D eigenvalue weighted by molar-refractivity contribution is -0.0210. The Morgan fingerprint density at radius 3 is 2.45 bits per heavy atom. The fourth-order valence-electron chi connectivity index (χ4n) is 3.26. The van der Waals surface area contributed by atoms with Crippen LogP contribution in [-0.2, 0) is 18.7 Å². The number of aliphatic hydroxyl groups is 1. The monoisotopic (exact) mass is 402 g/mol. The van der Waals surface area contributed by atoms with Gasteiger partial charge in [0.25, 0.3) is 0 Å². The molecule has 0 aliphatic rings. The Morgan fingerprint density at radius 1 is 1.10 bits per heavy atom. The average Bonchev–Trinajstić information content (AvgIpc) is 3.16. The fraction of sp³-hybridized carbons (Fsp3) is 0.238. The highest BCUT2D eigenvalue weighted by molar-refractivity contribution is 5.26. The molecule has 1 aromatic heterocycles. The summed E-state index contributed by atoms with van der Waals surface area (Å²) in [5.74, 6) is -1.93. The van der Waals surface area contributed by atoms with Gasteiger partial charge in [-0.3, -0.25) is 4.90 Å². The smallest absolute Gasteiger partial charge is 0.137 e. The summed E-state index contributed by atoms with van der Waals surface area (Å²) in [4.78, 5) is 5.68. The van der Waals surface area contributed by atoms with Crippen molar-refractivity contribution in [3.05, 3.63) is 96.4 Å². The molecule has 0 aliphatic carbocycles. The second kappa shape index (κ2) is 9.02. The molecule has 0 saturated carbocycles. The summed E-state index contributed by atoms with van der Waals surface area (Å²) in [5, 5.41) is 15.4. The molecule has 1 N–H and O–H groups in total. The van der Waals surface area contributed by atoms with Crippen molar-refractivity contribution in [1.29, 1.82) is 0 Å². The van der Waals surface area contributed by atoms with Crippen LogP contribution in [0.5, 0.6) is 0 Å². The maximum absolute atomic E-state index is 14.6. The molecule has 0 spiro atoms. The Morgan fingerprint density at radius 2 is 1.83 bits per heavy atom. The standard InChI is InChI=1S/C21H21F3N4O/c1-2-9-27(11-16-3-5-17(22)6-4-16)12-21(29,13-28-15-25-14-26-28)19-8-7-18(23)10-20(19)24/h2-8,10,14-15,29H,1,9,11-13H2/t21-/m0/s1. The van der Waals surface area contributed by atoms with Gasteiger partial charge < -0.3 is 5.11 Å². The summed E-state index contributed by atoms with van der Waals surface area (Å²) in [6.45, 7) is 4.40. The van der Waals surface area contributed by atoms with Gasteiger partial charge in [-0.1, -0.05) is 24.3 Å². The van der Waals surface area contributed by atoms with Gasteiger partial charge in [0.1, 0.15) is 35.7 Å². The predicted molar refractivity (Wildman–Crippen MR) is 102 cm³/mol. The second-order valence-electron chi connectivity index (χ2n) is 6.83. The molecular weight excluding hydrogens is 381 g/mol. The zero-order valence-corrected chi connectivity index (χ0v) is 15.7. The highest BCUT2D eigenvalue weighted by atomic mass is 19.1. The van der Waals surface area contributed by atoms with Crippen molar-refractivity contribution in [2.45, 2.75) is 18.7 Å². The molecule has 0 radical (unpaired) electrons. The first-order chi connectivity index (χ1) is 13.9. The molecule has 0 amide bonds. The van der Waals surface area contributed by atoms with Crippen LogP contribution in [0.3, 0.4) is 0 Å². The van der Waals surface area contributed by atoms with Crippen LogP contribution in [0.15, 0.2) is 67.8 Å². The average molecular weight is 402 g/mol. The molecule has 3 aromatic rings. The zero-order valence-electron chi connectivity index (χ0n) is 15.7. The van der Waals surface area contributed by atoms with Gasteiger partial charge in [-0.2, -0.15) is 5.10 Å². The highest BCUT2D eigenvalue weighted by Gasteiger charge is 2.35. The third-order valence-electron chi connectivity index (χ3n) is 4.51. The molecule has 0 aliphatic heterocycles. The number of hydrogen-bond donors (Lipinski definition) is 1. The topological polar surface area (TPSA) is 54.2 Å². The van der Waals surface area contributed by atoms with Crippen LogP contribution >= 0.6 is 0 Å². The molecule has 0 fully saturated rings. The Balaban J connectivity index is 1.92. The molecule has 8 heteroatoms. The van der Waals surface area contributed by atoms with Crippen molar-refractivity contribution in [3.63, 3.8) is 0 Å². The molecule has 5 nitrogen and oxygen atoms in total. The number of halogens is 3. The first-order valence-corrected chi connectivity index (χ1v) is 8.97. The van der Waals surface area contributed by atoms with Crippen LogP contribution in [0, 0.1) is 17.5 Å². The SMILES string of the molecule is C=CCN(Cc1ccc(F)cc1)C[C@](O)(Cn1cncn1)c1ccc(F)cc1F. The van der Waals surface area contributed by atoms with Gasteiger partial charge in [0.2, 0.25) is 0 Å². The summed E-state index contributed by atoms with van der Waals surface area (Å²) >= 11 is 0. The third-order valence-corrected chi connectivity index (χ3v) is 4.51. The third kappa shape index (κ3) is 5.30. The van der Waals surface area contributed by atoms with Crippen LogP contribution in [-0.4, -0.2) is 37.9 Å². The lowest BCUT2D eigenvalue weighted by Gasteiger charge is -2.34. The minimum absolute atomic E-state index is 0.00118. The van der Waals surface area contributed by atoms with Crippen molar-refractivity contribution >= 4 is 0 Å². The van der Waals surface area contributed by atoms with Gasteiger partial charge in [-0.25, -0.2) is 22.8 Å². The summed E-state index contributed by atoms with van der Waals surface area (Å²) in [6, 6.07) is 9.04. The largest absolute Gasteiger partial charge is 0.382 e. The van der Waals surface area contributed by atoms with Gasteiger partial charge in [-0.15, -0.1) is 6.58 Å². The quantitative estimate of drug-likeness (QED) is 0.558. The van der Waals surface area contributed by atoms with Crippen LogP contribution in [0.4, 0.5) is 13.2 Å². The Hall–Kier alpha value is -2.97. The van der Waals surface area contributed by atoms with Gasteiger partial charge >= 0.3 is 0 Å². The first kappa shape index (κ1) is 20.8. The van der Waals surface area contributed by atoms with Crippen LogP contribution in [0.1, 0.15) is 11.1 Å². The van der Waals surface area contributed by atoms with Crippen molar-refractivity contribution in [2.75, 3.05) is 13.1 Å². The van der Waals surface area contributed by atoms with Crippen molar-refractivity contribution in [2.24, 2.45) is 0 Å². The van der Waals surface area contributed by atoms with E-state index < -0.39 is 17.2 Å². The number of rotatable bonds is 9. The molecule has 152 valence electrons. The summed E-state index contributed by atoms with van der Waals surface area (Å²) in [5.41, 5.74) is -0.965. The van der Waals surface area contributed by atoms with Gasteiger partial charge in [-0.05, 0) is 23.8 Å².